The van der Waals surface area contributed by atoms with Crippen molar-refractivity contribution in [2.24, 2.45) is 10.9 Å². The second-order valence-electron chi connectivity index (χ2n) is 6.57. The monoisotopic (exact) mass is 343 g/mol. The number of hydrogen-bond donors (Lipinski definition) is 1. The average molecular weight is 343 g/mol. The van der Waals surface area contributed by atoms with Crippen LogP contribution in [0.1, 0.15) is 43.4 Å². The normalized spacial score (nSPS) is 23.7. The molecule has 0 aromatic heterocycles. The van der Waals surface area contributed by atoms with Crippen LogP contribution in [0.3, 0.4) is 0 Å². The van der Waals surface area contributed by atoms with Crippen molar-refractivity contribution in [3.8, 4) is 0 Å². The van der Waals surface area contributed by atoms with E-state index in [-0.39, 0.29) is 12.5 Å². The lowest BCUT2D eigenvalue weighted by molar-refractivity contribution is -0.153. The molecule has 2 heterocycles. The number of amides is 1. The predicted molar refractivity (Wildman–Crippen MR) is 95.0 cm³/mol. The van der Waals surface area contributed by atoms with Gasteiger partial charge in [0.05, 0.1) is 6.61 Å². The molecule has 1 aromatic carbocycles. The second-order valence-corrected chi connectivity index (χ2v) is 6.57. The van der Waals surface area contributed by atoms with Crippen LogP contribution in [0.5, 0.6) is 0 Å². The van der Waals surface area contributed by atoms with Gasteiger partial charge in [-0.05, 0) is 38.7 Å². The van der Waals surface area contributed by atoms with Gasteiger partial charge in [0.15, 0.2) is 5.92 Å². The van der Waals surface area contributed by atoms with Gasteiger partial charge in [-0.1, -0.05) is 29.8 Å². The molecule has 0 radical (unpaired) electrons. The van der Waals surface area contributed by atoms with Gasteiger partial charge in [-0.3, -0.25) is 14.9 Å². The molecule has 25 heavy (non-hydrogen) atoms. The Hall–Kier alpha value is -2.37. The first-order valence-electron chi connectivity index (χ1n) is 8.97. The third-order valence-electron chi connectivity index (χ3n) is 4.71. The maximum atomic E-state index is 12.7. The molecule has 0 bridgehead atoms. The summed E-state index contributed by atoms with van der Waals surface area (Å²) in [4.78, 5) is 31.9. The van der Waals surface area contributed by atoms with Gasteiger partial charge in [-0.2, -0.15) is 0 Å². The molecule has 1 fully saturated rings. The fourth-order valence-corrected chi connectivity index (χ4v) is 3.33. The predicted octanol–water partition coefficient (Wildman–Crippen LogP) is 2.19. The fraction of sp³-hybridized carbons (Fsp3) is 0.526. The number of likely N-dealkylation sites (tertiary alicyclic amines) is 1. The summed E-state index contributed by atoms with van der Waals surface area (Å²) >= 11 is 0. The number of esters is 1. The van der Waals surface area contributed by atoms with Crippen LogP contribution in [0.25, 0.3) is 0 Å². The molecule has 2 aliphatic heterocycles. The van der Waals surface area contributed by atoms with E-state index in [9.17, 15) is 9.59 Å². The minimum absolute atomic E-state index is 0.242. The van der Waals surface area contributed by atoms with Crippen LogP contribution in [0.15, 0.2) is 29.3 Å². The number of ether oxygens (including phenoxy) is 1. The van der Waals surface area contributed by atoms with E-state index in [1.165, 1.54) is 6.42 Å². The Morgan fingerprint density at radius 3 is 2.56 bits per heavy atom. The molecule has 0 saturated carbocycles. The Labute approximate surface area is 148 Å². The molecule has 1 N–H and O–H groups in total. The first-order valence-corrected chi connectivity index (χ1v) is 8.97. The van der Waals surface area contributed by atoms with Gasteiger partial charge in [0.25, 0.3) is 0 Å². The van der Waals surface area contributed by atoms with E-state index in [0.29, 0.717) is 5.96 Å². The second kappa shape index (κ2) is 7.68. The molecule has 6 heteroatoms. The number of carbonyl (C=O) groups excluding carboxylic acids is 2. The van der Waals surface area contributed by atoms with Crippen molar-refractivity contribution < 1.29 is 14.3 Å². The molecule has 2 aliphatic rings. The zero-order chi connectivity index (χ0) is 17.8. The van der Waals surface area contributed by atoms with E-state index in [1.807, 2.05) is 31.2 Å². The molecule has 0 unspecified atom stereocenters. The van der Waals surface area contributed by atoms with Crippen molar-refractivity contribution in [2.75, 3.05) is 19.7 Å². The fourth-order valence-electron chi connectivity index (χ4n) is 3.33. The lowest BCUT2D eigenvalue weighted by Gasteiger charge is -2.35. The SMILES string of the molecule is CCOC(=O)[C@H]1C(=O)NC(N2CCCCC2)=N[C@H]1c1ccc(C)cc1. The standard InChI is InChI=1S/C19H25N3O3/c1-3-25-18(24)15-16(14-9-7-13(2)8-10-14)20-19(21-17(15)23)22-11-5-4-6-12-22/h7-10,15-16H,3-6,11-12H2,1-2H3,(H,20,21,23)/t15-,16+/m1/s1. The lowest BCUT2D eigenvalue weighted by Crippen LogP contribution is -2.53. The molecule has 0 aliphatic carbocycles. The highest BCUT2D eigenvalue weighted by Crippen LogP contribution is 2.31. The zero-order valence-corrected chi connectivity index (χ0v) is 14.8. The average Bonchev–Trinajstić information content (AvgIpc) is 2.62. The Bertz CT molecular complexity index is 663. The molecule has 3 rings (SSSR count). The summed E-state index contributed by atoms with van der Waals surface area (Å²) in [6, 6.07) is 7.26. The summed E-state index contributed by atoms with van der Waals surface area (Å²) < 4.78 is 5.13. The first-order chi connectivity index (χ1) is 12.1. The summed E-state index contributed by atoms with van der Waals surface area (Å²) in [5.74, 6) is -1.22. The van der Waals surface area contributed by atoms with Crippen LogP contribution in [-0.4, -0.2) is 42.4 Å². The smallest absolute Gasteiger partial charge is 0.321 e. The Kier molecular flexibility index (Phi) is 5.36. The quantitative estimate of drug-likeness (QED) is 0.675. The molecule has 0 spiro atoms. The number of rotatable bonds is 3. The molecule has 2 atom stereocenters. The van der Waals surface area contributed by atoms with Crippen LogP contribution in [0, 0.1) is 12.8 Å². The minimum Gasteiger partial charge on any atom is -0.465 e. The first kappa shape index (κ1) is 17.5. The van der Waals surface area contributed by atoms with Gasteiger partial charge >= 0.3 is 5.97 Å². The summed E-state index contributed by atoms with van der Waals surface area (Å²) in [5, 5.41) is 2.82. The summed E-state index contributed by atoms with van der Waals surface area (Å²) in [7, 11) is 0. The van der Waals surface area contributed by atoms with E-state index in [0.717, 1.165) is 37.1 Å². The number of aliphatic imine (C=N–C) groups is 1. The number of nitrogens with one attached hydrogen (secondary N) is 1. The number of carbonyl (C=O) groups is 2. The van der Waals surface area contributed by atoms with Crippen LogP contribution in [0.2, 0.25) is 0 Å². The van der Waals surface area contributed by atoms with Crippen molar-refractivity contribution in [3.05, 3.63) is 35.4 Å². The topological polar surface area (TPSA) is 71.0 Å². The van der Waals surface area contributed by atoms with Gasteiger partial charge < -0.3 is 9.64 Å². The molecule has 1 amide bonds. The van der Waals surface area contributed by atoms with E-state index >= 15 is 0 Å². The van der Waals surface area contributed by atoms with Crippen molar-refractivity contribution in [1.82, 2.24) is 10.2 Å². The van der Waals surface area contributed by atoms with Crippen LogP contribution in [0.4, 0.5) is 0 Å². The zero-order valence-electron chi connectivity index (χ0n) is 14.8. The number of piperidine rings is 1. The summed E-state index contributed by atoms with van der Waals surface area (Å²) in [6.07, 6.45) is 3.38. The van der Waals surface area contributed by atoms with Crippen LogP contribution in [-0.2, 0) is 14.3 Å². The molecule has 1 saturated heterocycles. The molecular weight excluding hydrogens is 318 g/mol. The van der Waals surface area contributed by atoms with Gasteiger partial charge in [0, 0.05) is 13.1 Å². The Morgan fingerprint density at radius 2 is 1.92 bits per heavy atom. The Morgan fingerprint density at radius 1 is 1.24 bits per heavy atom. The van der Waals surface area contributed by atoms with Crippen molar-refractivity contribution in [3.63, 3.8) is 0 Å². The maximum absolute atomic E-state index is 12.7. The summed E-state index contributed by atoms with van der Waals surface area (Å²) in [5.41, 5.74) is 1.98. The van der Waals surface area contributed by atoms with Crippen molar-refractivity contribution in [1.29, 1.82) is 0 Å². The van der Waals surface area contributed by atoms with Gasteiger partial charge in [-0.25, -0.2) is 4.99 Å². The maximum Gasteiger partial charge on any atom is 0.321 e. The van der Waals surface area contributed by atoms with Crippen LogP contribution >= 0.6 is 0 Å². The lowest BCUT2D eigenvalue weighted by atomic mass is 9.91. The number of hydrogen-bond acceptors (Lipinski definition) is 5. The Balaban J connectivity index is 1.95. The van der Waals surface area contributed by atoms with E-state index in [1.54, 1.807) is 6.92 Å². The van der Waals surface area contributed by atoms with Crippen molar-refractivity contribution >= 4 is 17.8 Å². The van der Waals surface area contributed by atoms with Gasteiger partial charge in [0.2, 0.25) is 11.9 Å². The largest absolute Gasteiger partial charge is 0.465 e. The molecule has 1 aromatic rings. The summed E-state index contributed by atoms with van der Waals surface area (Å²) in [6.45, 7) is 5.74. The third-order valence-corrected chi connectivity index (χ3v) is 4.71. The highest BCUT2D eigenvalue weighted by molar-refractivity contribution is 6.08. The van der Waals surface area contributed by atoms with E-state index in [2.05, 4.69) is 10.2 Å². The highest BCUT2D eigenvalue weighted by Gasteiger charge is 2.41. The van der Waals surface area contributed by atoms with E-state index in [4.69, 9.17) is 9.73 Å². The van der Waals surface area contributed by atoms with Gasteiger partial charge in [0.1, 0.15) is 6.04 Å². The highest BCUT2D eigenvalue weighted by atomic mass is 16.5. The van der Waals surface area contributed by atoms with Crippen LogP contribution < -0.4 is 5.32 Å². The number of guanidine groups is 1. The van der Waals surface area contributed by atoms with E-state index < -0.39 is 17.9 Å². The van der Waals surface area contributed by atoms with Crippen molar-refractivity contribution in [2.45, 2.75) is 39.2 Å². The third kappa shape index (κ3) is 3.83. The number of aryl methyl sites for hydroxylation is 1. The molecule has 134 valence electrons. The number of benzene rings is 1. The number of nitrogens with zero attached hydrogens (tertiary/aromatic N) is 2. The van der Waals surface area contributed by atoms with Gasteiger partial charge in [-0.15, -0.1) is 0 Å². The molecule has 6 nitrogen and oxygen atoms in total. The minimum atomic E-state index is -0.948. The molecular formula is C19H25N3O3.